The molecule has 1 unspecified atom stereocenters. The fraction of sp³-hybridized carbons (Fsp3) is 0.667. The number of likely N-dealkylation sites (N-methyl/N-ethyl adjacent to an activating group) is 2. The Labute approximate surface area is 129 Å². The molecule has 0 spiro atoms. The van der Waals surface area contributed by atoms with Gasteiger partial charge in [-0.1, -0.05) is 19.9 Å². The zero-order valence-electron chi connectivity index (χ0n) is 14.4. The van der Waals surface area contributed by atoms with Crippen LogP contribution in [0.5, 0.6) is 5.75 Å². The van der Waals surface area contributed by atoms with Crippen molar-refractivity contribution in [3.05, 3.63) is 28.8 Å². The highest BCUT2D eigenvalue weighted by atomic mass is 16.5. The monoisotopic (exact) mass is 290 g/mol. The predicted molar refractivity (Wildman–Crippen MR) is 89.0 cm³/mol. The molecule has 0 fully saturated rings. The average Bonchev–Trinajstić information content (AvgIpc) is 2.57. The molecule has 0 aromatic heterocycles. The molecule has 0 N–H and O–H groups in total. The van der Waals surface area contributed by atoms with Crippen molar-refractivity contribution in [3.63, 3.8) is 0 Å². The van der Waals surface area contributed by atoms with E-state index in [0.717, 1.165) is 31.6 Å². The first-order valence-corrected chi connectivity index (χ1v) is 7.97. The standard InChI is InChI=1S/C18H30N2O/c1-13(2)9-16-10-15-12-18(19(3)4)20(5)8-7-14(15)11-17(16)21-6/h10-11,13,18H,7-9,12H2,1-6H3. The minimum absolute atomic E-state index is 0.478. The van der Waals surface area contributed by atoms with Crippen LogP contribution >= 0.6 is 0 Å². The number of nitrogens with zero attached hydrogens (tertiary/aromatic N) is 2. The topological polar surface area (TPSA) is 15.7 Å². The Morgan fingerprint density at radius 2 is 2.00 bits per heavy atom. The molecule has 0 saturated heterocycles. The van der Waals surface area contributed by atoms with E-state index < -0.39 is 0 Å². The lowest BCUT2D eigenvalue weighted by Gasteiger charge is -2.31. The molecule has 0 saturated carbocycles. The van der Waals surface area contributed by atoms with Crippen LogP contribution in [0.15, 0.2) is 12.1 Å². The van der Waals surface area contributed by atoms with Crippen LogP contribution in [0.3, 0.4) is 0 Å². The first kappa shape index (κ1) is 16.3. The summed E-state index contributed by atoms with van der Waals surface area (Å²) in [6, 6.07) is 4.67. The summed E-state index contributed by atoms with van der Waals surface area (Å²) in [4.78, 5) is 4.77. The smallest absolute Gasteiger partial charge is 0.122 e. The number of hydrogen-bond acceptors (Lipinski definition) is 3. The van der Waals surface area contributed by atoms with E-state index in [-0.39, 0.29) is 0 Å². The SMILES string of the molecule is COc1cc2c(cc1CC(C)C)CC(N(C)C)N(C)CC2. The molecule has 3 nitrogen and oxygen atoms in total. The predicted octanol–water partition coefficient (Wildman–Crippen LogP) is 2.81. The third kappa shape index (κ3) is 3.78. The summed E-state index contributed by atoms with van der Waals surface area (Å²) in [5.74, 6) is 1.71. The third-order valence-corrected chi connectivity index (χ3v) is 4.47. The van der Waals surface area contributed by atoms with E-state index in [1.54, 1.807) is 7.11 Å². The van der Waals surface area contributed by atoms with Crippen LogP contribution in [-0.2, 0) is 19.3 Å². The van der Waals surface area contributed by atoms with Gasteiger partial charge in [0, 0.05) is 13.0 Å². The molecule has 1 aliphatic rings. The molecular formula is C18H30N2O. The van der Waals surface area contributed by atoms with Gasteiger partial charge in [0.05, 0.1) is 13.3 Å². The third-order valence-electron chi connectivity index (χ3n) is 4.47. The second-order valence-corrected chi connectivity index (χ2v) is 6.91. The van der Waals surface area contributed by atoms with Crippen LogP contribution in [0.1, 0.15) is 30.5 Å². The molecule has 1 aromatic carbocycles. The van der Waals surface area contributed by atoms with E-state index in [4.69, 9.17) is 4.74 Å². The average molecular weight is 290 g/mol. The zero-order chi connectivity index (χ0) is 15.6. The van der Waals surface area contributed by atoms with Crippen LogP contribution in [0.25, 0.3) is 0 Å². The summed E-state index contributed by atoms with van der Waals surface area (Å²) in [5.41, 5.74) is 4.30. The first-order chi connectivity index (χ1) is 9.92. The summed E-state index contributed by atoms with van der Waals surface area (Å²) < 4.78 is 5.63. The van der Waals surface area contributed by atoms with Gasteiger partial charge in [0.25, 0.3) is 0 Å². The largest absolute Gasteiger partial charge is 0.496 e. The lowest BCUT2D eigenvalue weighted by Crippen LogP contribution is -2.43. The number of ether oxygens (including phenoxy) is 1. The molecule has 0 amide bonds. The molecule has 3 heteroatoms. The maximum Gasteiger partial charge on any atom is 0.122 e. The highest BCUT2D eigenvalue weighted by Crippen LogP contribution is 2.29. The van der Waals surface area contributed by atoms with Gasteiger partial charge < -0.3 is 4.74 Å². The van der Waals surface area contributed by atoms with Crippen molar-refractivity contribution in [2.45, 2.75) is 39.3 Å². The van der Waals surface area contributed by atoms with Gasteiger partial charge in [0.2, 0.25) is 0 Å². The first-order valence-electron chi connectivity index (χ1n) is 7.97. The van der Waals surface area contributed by atoms with Crippen molar-refractivity contribution in [3.8, 4) is 5.75 Å². The van der Waals surface area contributed by atoms with Crippen LogP contribution in [0.4, 0.5) is 0 Å². The van der Waals surface area contributed by atoms with E-state index in [9.17, 15) is 0 Å². The zero-order valence-corrected chi connectivity index (χ0v) is 14.4. The molecule has 0 aliphatic carbocycles. The summed E-state index contributed by atoms with van der Waals surface area (Å²) in [6.07, 6.45) is 3.76. The minimum atomic E-state index is 0.478. The fourth-order valence-electron chi connectivity index (χ4n) is 3.31. The molecule has 1 heterocycles. The molecular weight excluding hydrogens is 260 g/mol. The van der Waals surface area contributed by atoms with Gasteiger partial charge in [-0.3, -0.25) is 9.80 Å². The lowest BCUT2D eigenvalue weighted by molar-refractivity contribution is 0.110. The van der Waals surface area contributed by atoms with Gasteiger partial charge in [-0.05, 0) is 62.7 Å². The van der Waals surface area contributed by atoms with E-state index in [1.807, 2.05) is 0 Å². The normalized spacial score (nSPS) is 19.7. The van der Waals surface area contributed by atoms with Gasteiger partial charge in [0.15, 0.2) is 0 Å². The Balaban J connectivity index is 2.38. The Morgan fingerprint density at radius 3 is 2.57 bits per heavy atom. The Hall–Kier alpha value is -1.06. The molecule has 1 aromatic rings. The number of rotatable bonds is 4. The van der Waals surface area contributed by atoms with Crippen LogP contribution in [-0.4, -0.2) is 50.8 Å². The van der Waals surface area contributed by atoms with E-state index in [1.165, 1.54) is 16.7 Å². The summed E-state index contributed by atoms with van der Waals surface area (Å²) in [7, 11) is 8.36. The molecule has 1 atom stereocenters. The van der Waals surface area contributed by atoms with Crippen LogP contribution in [0.2, 0.25) is 0 Å². The Morgan fingerprint density at radius 1 is 1.29 bits per heavy atom. The fourth-order valence-corrected chi connectivity index (χ4v) is 3.31. The van der Waals surface area contributed by atoms with Crippen LogP contribution in [0, 0.1) is 5.92 Å². The maximum absolute atomic E-state index is 5.63. The minimum Gasteiger partial charge on any atom is -0.496 e. The van der Waals surface area contributed by atoms with Crippen molar-refractivity contribution >= 4 is 0 Å². The van der Waals surface area contributed by atoms with Gasteiger partial charge >= 0.3 is 0 Å². The number of methoxy groups -OCH3 is 1. The molecule has 21 heavy (non-hydrogen) atoms. The molecule has 0 radical (unpaired) electrons. The van der Waals surface area contributed by atoms with Gasteiger partial charge in [0.1, 0.15) is 5.75 Å². The second-order valence-electron chi connectivity index (χ2n) is 6.91. The van der Waals surface area contributed by atoms with E-state index in [0.29, 0.717) is 12.1 Å². The summed E-state index contributed by atoms with van der Waals surface area (Å²) in [5, 5.41) is 0. The van der Waals surface area contributed by atoms with Crippen molar-refractivity contribution in [2.75, 3.05) is 34.8 Å². The van der Waals surface area contributed by atoms with Gasteiger partial charge in [-0.25, -0.2) is 0 Å². The quantitative estimate of drug-likeness (QED) is 0.848. The number of hydrogen-bond donors (Lipinski definition) is 0. The number of benzene rings is 1. The summed E-state index contributed by atoms with van der Waals surface area (Å²) >= 11 is 0. The molecule has 2 rings (SSSR count). The molecule has 1 aliphatic heterocycles. The van der Waals surface area contributed by atoms with Crippen LogP contribution < -0.4 is 4.74 Å². The van der Waals surface area contributed by atoms with Crippen molar-refractivity contribution < 1.29 is 4.74 Å². The van der Waals surface area contributed by atoms with Crippen molar-refractivity contribution in [1.82, 2.24) is 9.80 Å². The Bertz CT molecular complexity index is 482. The molecule has 0 bridgehead atoms. The maximum atomic E-state index is 5.63. The lowest BCUT2D eigenvalue weighted by atomic mass is 9.94. The van der Waals surface area contributed by atoms with E-state index >= 15 is 0 Å². The highest BCUT2D eigenvalue weighted by Gasteiger charge is 2.24. The Kier molecular flexibility index (Phi) is 5.28. The van der Waals surface area contributed by atoms with Crippen molar-refractivity contribution in [2.24, 2.45) is 5.92 Å². The molecule has 118 valence electrons. The van der Waals surface area contributed by atoms with Gasteiger partial charge in [-0.2, -0.15) is 0 Å². The van der Waals surface area contributed by atoms with Gasteiger partial charge in [-0.15, -0.1) is 0 Å². The summed E-state index contributed by atoms with van der Waals surface area (Å²) in [6.45, 7) is 5.63. The second kappa shape index (κ2) is 6.80. The van der Waals surface area contributed by atoms with Crippen molar-refractivity contribution in [1.29, 1.82) is 0 Å². The van der Waals surface area contributed by atoms with E-state index in [2.05, 4.69) is 56.9 Å². The number of fused-ring (bicyclic) bond motifs is 1. The highest BCUT2D eigenvalue weighted by molar-refractivity contribution is 5.44.